The number of piperazine rings is 1. The van der Waals surface area contributed by atoms with E-state index in [2.05, 4.69) is 64.2 Å². The summed E-state index contributed by atoms with van der Waals surface area (Å²) >= 11 is 0. The van der Waals surface area contributed by atoms with Gasteiger partial charge in [0.2, 0.25) is 11.8 Å². The van der Waals surface area contributed by atoms with E-state index in [1.165, 1.54) is 18.4 Å². The van der Waals surface area contributed by atoms with Crippen LogP contribution >= 0.6 is 0 Å². The van der Waals surface area contributed by atoms with E-state index in [4.69, 9.17) is 4.42 Å². The Bertz CT molecular complexity index is 678. The fourth-order valence-corrected chi connectivity index (χ4v) is 3.54. The van der Waals surface area contributed by atoms with Crippen LogP contribution in [-0.2, 0) is 13.1 Å². The molecule has 4 rings (SSSR count). The second-order valence-electron chi connectivity index (χ2n) is 7.74. The molecule has 2 aliphatic rings. The van der Waals surface area contributed by atoms with Gasteiger partial charge in [0.25, 0.3) is 0 Å². The molecule has 0 radical (unpaired) electrons. The molecule has 5 heteroatoms. The average Bonchev–Trinajstić information content (AvgIpc) is 3.31. The molecule has 2 fully saturated rings. The first-order chi connectivity index (χ1) is 11.6. The molecule has 1 aromatic heterocycles. The number of nitrogens with zero attached hydrogens (tertiary/aromatic N) is 4. The van der Waals surface area contributed by atoms with Gasteiger partial charge in [0.05, 0.1) is 6.54 Å². The van der Waals surface area contributed by atoms with E-state index in [1.807, 2.05) is 0 Å². The van der Waals surface area contributed by atoms with E-state index < -0.39 is 0 Å². The van der Waals surface area contributed by atoms with Crippen molar-refractivity contribution < 1.29 is 4.42 Å². The topological polar surface area (TPSA) is 45.4 Å². The van der Waals surface area contributed by atoms with Crippen LogP contribution in [0.5, 0.6) is 0 Å². The molecular weight excluding hydrogens is 300 g/mol. The minimum atomic E-state index is 0.132. The normalized spacial score (nSPS) is 21.9. The molecular formula is C19H26N4O. The van der Waals surface area contributed by atoms with Gasteiger partial charge in [0.1, 0.15) is 0 Å². The number of hydrogen-bond donors (Lipinski definition) is 0. The third-order valence-electron chi connectivity index (χ3n) is 5.14. The van der Waals surface area contributed by atoms with E-state index in [1.54, 1.807) is 0 Å². The molecule has 1 aromatic carbocycles. The zero-order chi connectivity index (χ0) is 16.6. The molecule has 2 aromatic rings. The molecule has 128 valence electrons. The van der Waals surface area contributed by atoms with Crippen LogP contribution in [-0.4, -0.2) is 45.2 Å². The maximum atomic E-state index is 5.82. The molecule has 1 aliphatic carbocycles. The summed E-state index contributed by atoms with van der Waals surface area (Å²) in [6.45, 7) is 9.54. The lowest BCUT2D eigenvalue weighted by Gasteiger charge is -2.47. The minimum Gasteiger partial charge on any atom is -0.424 e. The molecule has 2 heterocycles. The van der Waals surface area contributed by atoms with Crippen molar-refractivity contribution in [2.24, 2.45) is 0 Å². The molecule has 5 nitrogen and oxygen atoms in total. The zero-order valence-corrected chi connectivity index (χ0v) is 14.6. The van der Waals surface area contributed by atoms with E-state index in [0.29, 0.717) is 5.92 Å². The summed E-state index contributed by atoms with van der Waals surface area (Å²) in [4.78, 5) is 5.01. The van der Waals surface area contributed by atoms with Crippen molar-refractivity contribution in [2.75, 3.05) is 19.6 Å². The van der Waals surface area contributed by atoms with Crippen molar-refractivity contribution in [3.05, 3.63) is 47.7 Å². The van der Waals surface area contributed by atoms with Crippen molar-refractivity contribution in [1.82, 2.24) is 20.0 Å². The molecule has 1 saturated heterocycles. The monoisotopic (exact) mass is 326 g/mol. The Kier molecular flexibility index (Phi) is 4.14. The second-order valence-corrected chi connectivity index (χ2v) is 7.74. The molecule has 24 heavy (non-hydrogen) atoms. The standard InChI is InChI=1S/C19H26N4O/c1-19(2)14-22(13-17-20-21-18(24-17)16-8-9-16)10-11-23(19)12-15-6-4-3-5-7-15/h3-7,16H,8-14H2,1-2H3. The van der Waals surface area contributed by atoms with Crippen LogP contribution in [0.1, 0.15) is 50.0 Å². The largest absolute Gasteiger partial charge is 0.424 e. The third-order valence-corrected chi connectivity index (χ3v) is 5.14. The first-order valence-corrected chi connectivity index (χ1v) is 8.94. The summed E-state index contributed by atoms with van der Waals surface area (Å²) in [6.07, 6.45) is 2.40. The molecule has 0 spiro atoms. The van der Waals surface area contributed by atoms with Crippen molar-refractivity contribution in [2.45, 2.75) is 51.2 Å². The Morgan fingerprint density at radius 1 is 1.08 bits per heavy atom. The first-order valence-electron chi connectivity index (χ1n) is 8.94. The summed E-state index contributed by atoms with van der Waals surface area (Å²) in [5.74, 6) is 2.14. The van der Waals surface area contributed by atoms with Gasteiger partial charge < -0.3 is 4.42 Å². The molecule has 0 N–H and O–H groups in total. The highest BCUT2D eigenvalue weighted by Gasteiger charge is 2.34. The van der Waals surface area contributed by atoms with Gasteiger partial charge in [-0.3, -0.25) is 9.80 Å². The van der Waals surface area contributed by atoms with Gasteiger partial charge in [0, 0.05) is 37.6 Å². The van der Waals surface area contributed by atoms with Crippen molar-refractivity contribution >= 4 is 0 Å². The average molecular weight is 326 g/mol. The summed E-state index contributed by atoms with van der Waals surface area (Å²) in [7, 11) is 0. The van der Waals surface area contributed by atoms with Gasteiger partial charge in [-0.25, -0.2) is 0 Å². The predicted octanol–water partition coefficient (Wildman–Crippen LogP) is 3.04. The van der Waals surface area contributed by atoms with Crippen LogP contribution in [0, 0.1) is 0 Å². The van der Waals surface area contributed by atoms with Crippen molar-refractivity contribution in [3.63, 3.8) is 0 Å². The van der Waals surface area contributed by atoms with Gasteiger partial charge in [-0.05, 0) is 32.3 Å². The Morgan fingerprint density at radius 2 is 1.88 bits per heavy atom. The lowest BCUT2D eigenvalue weighted by atomic mass is 9.97. The highest BCUT2D eigenvalue weighted by atomic mass is 16.4. The molecule has 0 bridgehead atoms. The Hall–Kier alpha value is -1.72. The fraction of sp³-hybridized carbons (Fsp3) is 0.579. The van der Waals surface area contributed by atoms with Crippen LogP contribution in [0.2, 0.25) is 0 Å². The number of hydrogen-bond acceptors (Lipinski definition) is 5. The Balaban J connectivity index is 1.36. The summed E-state index contributed by atoms with van der Waals surface area (Å²) in [5, 5.41) is 8.43. The van der Waals surface area contributed by atoms with Crippen LogP contribution in [0.3, 0.4) is 0 Å². The Labute approximate surface area is 143 Å². The minimum absolute atomic E-state index is 0.132. The maximum absolute atomic E-state index is 5.82. The predicted molar refractivity (Wildman–Crippen MR) is 92.5 cm³/mol. The van der Waals surface area contributed by atoms with Gasteiger partial charge >= 0.3 is 0 Å². The quantitative estimate of drug-likeness (QED) is 0.845. The Morgan fingerprint density at radius 3 is 2.58 bits per heavy atom. The number of rotatable bonds is 5. The first kappa shape index (κ1) is 15.8. The lowest BCUT2D eigenvalue weighted by Crippen LogP contribution is -2.58. The van der Waals surface area contributed by atoms with Crippen LogP contribution in [0.25, 0.3) is 0 Å². The van der Waals surface area contributed by atoms with Crippen LogP contribution < -0.4 is 0 Å². The van der Waals surface area contributed by atoms with E-state index in [-0.39, 0.29) is 5.54 Å². The summed E-state index contributed by atoms with van der Waals surface area (Å²) in [5.41, 5.74) is 1.51. The molecule has 1 aliphatic heterocycles. The maximum Gasteiger partial charge on any atom is 0.230 e. The molecule has 0 atom stereocenters. The van der Waals surface area contributed by atoms with Crippen molar-refractivity contribution in [1.29, 1.82) is 0 Å². The van der Waals surface area contributed by atoms with Gasteiger partial charge in [-0.2, -0.15) is 0 Å². The summed E-state index contributed by atoms with van der Waals surface area (Å²) < 4.78 is 5.82. The second kappa shape index (κ2) is 6.30. The number of aromatic nitrogens is 2. The number of benzene rings is 1. The molecule has 1 saturated carbocycles. The highest BCUT2D eigenvalue weighted by molar-refractivity contribution is 5.15. The van der Waals surface area contributed by atoms with Gasteiger partial charge in [-0.1, -0.05) is 30.3 Å². The third kappa shape index (κ3) is 3.52. The zero-order valence-electron chi connectivity index (χ0n) is 14.6. The van der Waals surface area contributed by atoms with Gasteiger partial charge in [0.15, 0.2) is 0 Å². The van der Waals surface area contributed by atoms with E-state index >= 15 is 0 Å². The smallest absolute Gasteiger partial charge is 0.230 e. The lowest BCUT2D eigenvalue weighted by molar-refractivity contribution is 0.00703. The van der Waals surface area contributed by atoms with Gasteiger partial charge in [-0.15, -0.1) is 10.2 Å². The summed E-state index contributed by atoms with van der Waals surface area (Å²) in [6, 6.07) is 10.7. The van der Waals surface area contributed by atoms with Crippen molar-refractivity contribution in [3.8, 4) is 0 Å². The van der Waals surface area contributed by atoms with E-state index in [0.717, 1.165) is 44.5 Å². The SMILES string of the molecule is CC1(C)CN(Cc2nnc(C3CC3)o2)CCN1Cc1ccccc1. The van der Waals surface area contributed by atoms with Crippen LogP contribution in [0.15, 0.2) is 34.7 Å². The fourth-order valence-electron chi connectivity index (χ4n) is 3.54. The molecule has 0 amide bonds. The van der Waals surface area contributed by atoms with E-state index in [9.17, 15) is 0 Å². The molecule has 0 unspecified atom stereocenters. The highest BCUT2D eigenvalue weighted by Crippen LogP contribution is 2.39. The van der Waals surface area contributed by atoms with Crippen LogP contribution in [0.4, 0.5) is 0 Å².